The summed E-state index contributed by atoms with van der Waals surface area (Å²) in [5.41, 5.74) is 3.64. The van der Waals surface area contributed by atoms with E-state index in [1.807, 2.05) is 31.7 Å². The Bertz CT molecular complexity index is 713. The van der Waals surface area contributed by atoms with Gasteiger partial charge in [-0.3, -0.25) is 5.32 Å². The summed E-state index contributed by atoms with van der Waals surface area (Å²) in [4.78, 5) is 23.0. The summed E-state index contributed by atoms with van der Waals surface area (Å²) < 4.78 is 0. The SMILES string of the molecule is CN(C)Cc1csc(CNC(=O)Nc2cc3c(cn2)CCCC3)n1. The van der Waals surface area contributed by atoms with E-state index in [0.29, 0.717) is 12.4 Å². The van der Waals surface area contributed by atoms with Gasteiger partial charge in [0.25, 0.3) is 0 Å². The van der Waals surface area contributed by atoms with E-state index in [2.05, 4.69) is 25.5 Å². The van der Waals surface area contributed by atoms with Gasteiger partial charge in [-0.25, -0.2) is 14.8 Å². The number of aromatic nitrogens is 2. The maximum absolute atomic E-state index is 12.0. The molecular formula is C17H23N5OS. The smallest absolute Gasteiger partial charge is 0.320 e. The highest BCUT2D eigenvalue weighted by atomic mass is 32.1. The van der Waals surface area contributed by atoms with E-state index < -0.39 is 0 Å². The summed E-state index contributed by atoms with van der Waals surface area (Å²) in [6, 6.07) is 1.75. The van der Waals surface area contributed by atoms with Gasteiger partial charge < -0.3 is 10.2 Å². The quantitative estimate of drug-likeness (QED) is 0.874. The molecule has 0 saturated carbocycles. The second-order valence-corrected chi connectivity index (χ2v) is 7.27. The van der Waals surface area contributed by atoms with Crippen LogP contribution < -0.4 is 10.6 Å². The van der Waals surface area contributed by atoms with Crippen LogP contribution in [-0.4, -0.2) is 35.0 Å². The average Bonchev–Trinajstić information content (AvgIpc) is 2.99. The molecule has 0 aromatic carbocycles. The standard InChI is InChI=1S/C17H23N5OS/c1-22(2)10-14-11-24-16(20-14)9-19-17(23)21-15-7-12-5-3-4-6-13(12)8-18-15/h7-8,11H,3-6,9-10H2,1-2H3,(H2,18,19,21,23). The first-order valence-corrected chi connectivity index (χ1v) is 9.09. The molecule has 128 valence electrons. The lowest BCUT2D eigenvalue weighted by Gasteiger charge is -2.16. The summed E-state index contributed by atoms with van der Waals surface area (Å²) in [7, 11) is 4.02. The van der Waals surface area contributed by atoms with Crippen LogP contribution in [0.25, 0.3) is 0 Å². The van der Waals surface area contributed by atoms with Gasteiger partial charge in [0.15, 0.2) is 0 Å². The second-order valence-electron chi connectivity index (χ2n) is 6.32. The van der Waals surface area contributed by atoms with Gasteiger partial charge in [-0.15, -0.1) is 11.3 Å². The molecule has 0 fully saturated rings. The van der Waals surface area contributed by atoms with Gasteiger partial charge in [0.1, 0.15) is 10.8 Å². The molecule has 24 heavy (non-hydrogen) atoms. The van der Waals surface area contributed by atoms with Crippen LogP contribution in [-0.2, 0) is 25.9 Å². The first-order valence-electron chi connectivity index (χ1n) is 8.21. The number of nitrogens with zero attached hydrogens (tertiary/aromatic N) is 3. The number of amides is 2. The van der Waals surface area contributed by atoms with Gasteiger partial charge in [0.2, 0.25) is 0 Å². The molecule has 2 aromatic rings. The van der Waals surface area contributed by atoms with E-state index in [9.17, 15) is 4.79 Å². The van der Waals surface area contributed by atoms with Crippen molar-refractivity contribution in [3.8, 4) is 0 Å². The van der Waals surface area contributed by atoms with Crippen LogP contribution in [0.3, 0.4) is 0 Å². The van der Waals surface area contributed by atoms with E-state index in [0.717, 1.165) is 30.1 Å². The summed E-state index contributed by atoms with van der Waals surface area (Å²) in [6.45, 7) is 1.23. The van der Waals surface area contributed by atoms with E-state index in [1.165, 1.54) is 24.0 Å². The van der Waals surface area contributed by atoms with Crippen molar-refractivity contribution < 1.29 is 4.79 Å². The molecule has 1 aliphatic rings. The molecule has 2 heterocycles. The number of hydrogen-bond donors (Lipinski definition) is 2. The molecule has 0 aliphatic heterocycles. The highest BCUT2D eigenvalue weighted by Crippen LogP contribution is 2.22. The van der Waals surface area contributed by atoms with Crippen LogP contribution in [0.15, 0.2) is 17.6 Å². The van der Waals surface area contributed by atoms with Crippen molar-refractivity contribution in [2.45, 2.75) is 38.8 Å². The number of thiazole rings is 1. The molecule has 0 spiro atoms. The third-order valence-corrected chi connectivity index (χ3v) is 4.84. The third kappa shape index (κ3) is 4.52. The normalized spacial score (nSPS) is 13.6. The number of carbonyl (C=O) groups excluding carboxylic acids is 1. The molecule has 7 heteroatoms. The van der Waals surface area contributed by atoms with Crippen molar-refractivity contribution in [2.24, 2.45) is 0 Å². The Balaban J connectivity index is 1.51. The van der Waals surface area contributed by atoms with Crippen molar-refractivity contribution in [1.82, 2.24) is 20.2 Å². The molecule has 2 aromatic heterocycles. The van der Waals surface area contributed by atoms with Crippen LogP contribution >= 0.6 is 11.3 Å². The summed E-state index contributed by atoms with van der Waals surface area (Å²) >= 11 is 1.56. The zero-order valence-corrected chi connectivity index (χ0v) is 14.9. The van der Waals surface area contributed by atoms with E-state index in [-0.39, 0.29) is 6.03 Å². The van der Waals surface area contributed by atoms with Crippen molar-refractivity contribution >= 4 is 23.2 Å². The Kier molecular flexibility index (Phi) is 5.42. The zero-order valence-electron chi connectivity index (χ0n) is 14.1. The molecule has 0 unspecified atom stereocenters. The lowest BCUT2D eigenvalue weighted by atomic mass is 9.93. The molecule has 2 N–H and O–H groups in total. The average molecular weight is 345 g/mol. The van der Waals surface area contributed by atoms with Gasteiger partial charge in [0.05, 0.1) is 12.2 Å². The maximum atomic E-state index is 12.0. The molecule has 0 bridgehead atoms. The topological polar surface area (TPSA) is 70.2 Å². The van der Waals surface area contributed by atoms with Crippen molar-refractivity contribution in [2.75, 3.05) is 19.4 Å². The van der Waals surface area contributed by atoms with Gasteiger partial charge in [-0.1, -0.05) is 0 Å². The van der Waals surface area contributed by atoms with Gasteiger partial charge >= 0.3 is 6.03 Å². The number of anilines is 1. The van der Waals surface area contributed by atoms with Crippen LogP contribution in [0.5, 0.6) is 0 Å². The fraction of sp³-hybridized carbons (Fsp3) is 0.471. The molecule has 0 atom stereocenters. The number of nitrogens with one attached hydrogen (secondary N) is 2. The fourth-order valence-corrected chi connectivity index (χ4v) is 3.55. The van der Waals surface area contributed by atoms with Crippen molar-refractivity contribution in [3.05, 3.63) is 39.5 Å². The molecular weight excluding hydrogens is 322 g/mol. The fourth-order valence-electron chi connectivity index (χ4n) is 2.83. The molecule has 6 nitrogen and oxygen atoms in total. The van der Waals surface area contributed by atoms with E-state index in [1.54, 1.807) is 11.3 Å². The number of pyridine rings is 1. The number of aryl methyl sites for hydroxylation is 2. The molecule has 0 saturated heterocycles. The Morgan fingerprint density at radius 1 is 1.29 bits per heavy atom. The molecule has 2 amide bonds. The molecule has 1 aliphatic carbocycles. The van der Waals surface area contributed by atoms with Crippen molar-refractivity contribution in [3.63, 3.8) is 0 Å². The number of carbonyl (C=O) groups is 1. The minimum atomic E-state index is -0.248. The lowest BCUT2D eigenvalue weighted by Crippen LogP contribution is -2.28. The first kappa shape index (κ1) is 16.9. The number of rotatable bonds is 5. The first-order chi connectivity index (χ1) is 11.6. The van der Waals surface area contributed by atoms with Crippen LogP contribution in [0.1, 0.15) is 34.7 Å². The van der Waals surface area contributed by atoms with Crippen LogP contribution in [0.4, 0.5) is 10.6 Å². The highest BCUT2D eigenvalue weighted by molar-refractivity contribution is 7.09. The molecule has 0 radical (unpaired) electrons. The van der Waals surface area contributed by atoms with Crippen LogP contribution in [0, 0.1) is 0 Å². The maximum Gasteiger partial charge on any atom is 0.320 e. The minimum absolute atomic E-state index is 0.248. The highest BCUT2D eigenvalue weighted by Gasteiger charge is 2.12. The molecule has 3 rings (SSSR count). The predicted octanol–water partition coefficient (Wildman–Crippen LogP) is 2.80. The summed E-state index contributed by atoms with van der Waals surface area (Å²) in [6.07, 6.45) is 6.49. The Hall–Kier alpha value is -1.99. The van der Waals surface area contributed by atoms with E-state index in [4.69, 9.17) is 0 Å². The summed E-state index contributed by atoms with van der Waals surface area (Å²) in [5.74, 6) is 0.612. The Morgan fingerprint density at radius 2 is 2.08 bits per heavy atom. The third-order valence-electron chi connectivity index (χ3n) is 3.94. The number of fused-ring (bicyclic) bond motifs is 1. The second kappa shape index (κ2) is 7.72. The summed E-state index contributed by atoms with van der Waals surface area (Å²) in [5, 5.41) is 8.58. The van der Waals surface area contributed by atoms with Crippen molar-refractivity contribution in [1.29, 1.82) is 0 Å². The Labute approximate surface area is 146 Å². The predicted molar refractivity (Wildman–Crippen MR) is 96.2 cm³/mol. The van der Waals surface area contributed by atoms with Gasteiger partial charge in [0, 0.05) is 18.1 Å². The number of hydrogen-bond acceptors (Lipinski definition) is 5. The largest absolute Gasteiger partial charge is 0.331 e. The monoisotopic (exact) mass is 345 g/mol. The zero-order chi connectivity index (χ0) is 16.9. The van der Waals surface area contributed by atoms with E-state index >= 15 is 0 Å². The van der Waals surface area contributed by atoms with Gasteiger partial charge in [-0.05, 0) is 57.0 Å². The van der Waals surface area contributed by atoms with Crippen LogP contribution in [0.2, 0.25) is 0 Å². The number of urea groups is 1. The van der Waals surface area contributed by atoms with Gasteiger partial charge in [-0.2, -0.15) is 0 Å². The minimum Gasteiger partial charge on any atom is -0.331 e. The lowest BCUT2D eigenvalue weighted by molar-refractivity contribution is 0.251. The Morgan fingerprint density at radius 3 is 2.88 bits per heavy atom.